The molecule has 1 rings (SSSR count). The Kier molecular flexibility index (Phi) is 14.0. The lowest BCUT2D eigenvalue weighted by Crippen LogP contribution is -2.11. The van der Waals surface area contributed by atoms with Gasteiger partial charge in [0.15, 0.2) is 0 Å². The van der Waals surface area contributed by atoms with Crippen molar-refractivity contribution in [3.8, 4) is 5.75 Å². The van der Waals surface area contributed by atoms with Crippen LogP contribution in [0.15, 0.2) is 18.2 Å². The van der Waals surface area contributed by atoms with Gasteiger partial charge in [0.05, 0.1) is 0 Å². The topological polar surface area (TPSA) is 66.4 Å². The molecule has 4 heteroatoms. The van der Waals surface area contributed by atoms with Crippen molar-refractivity contribution in [2.45, 2.75) is 103 Å². The number of carbonyl (C=O) groups excluding carboxylic acids is 2. The number of aromatic hydroxyl groups is 1. The van der Waals surface area contributed by atoms with Crippen LogP contribution in [-0.4, -0.2) is 17.3 Å². The van der Waals surface area contributed by atoms with Gasteiger partial charge in [-0.1, -0.05) is 84.0 Å². The predicted molar refractivity (Wildman–Crippen MR) is 117 cm³/mol. The SMILES string of the molecule is CCCCCCCCCCCCCCCC(=O)Nc1ccc(O)c(CC=O)c1. The number of hydrogen-bond donors (Lipinski definition) is 2. The maximum absolute atomic E-state index is 12.0. The number of nitrogens with one attached hydrogen (secondary N) is 1. The number of phenolic OH excluding ortho intramolecular Hbond substituents is 1. The lowest BCUT2D eigenvalue weighted by molar-refractivity contribution is -0.116. The summed E-state index contributed by atoms with van der Waals surface area (Å²) in [6.07, 6.45) is 18.2. The molecule has 28 heavy (non-hydrogen) atoms. The standard InChI is InChI=1S/C24H39NO3/c1-2-3-4-5-6-7-8-9-10-11-12-13-14-15-24(28)25-22-16-17-23(27)21(20-22)18-19-26/h16-17,19-20,27H,2-15,18H2,1H3,(H,25,28). The smallest absolute Gasteiger partial charge is 0.224 e. The zero-order chi connectivity index (χ0) is 20.5. The summed E-state index contributed by atoms with van der Waals surface area (Å²) in [6, 6.07) is 4.83. The first-order chi connectivity index (χ1) is 13.7. The first-order valence-electron chi connectivity index (χ1n) is 11.2. The highest BCUT2D eigenvalue weighted by atomic mass is 16.3. The molecule has 0 heterocycles. The molecule has 0 unspecified atom stereocenters. The van der Waals surface area contributed by atoms with Gasteiger partial charge in [0.1, 0.15) is 12.0 Å². The Morgan fingerprint density at radius 1 is 0.893 bits per heavy atom. The van der Waals surface area contributed by atoms with Gasteiger partial charge in [0.25, 0.3) is 0 Å². The average molecular weight is 390 g/mol. The maximum Gasteiger partial charge on any atom is 0.224 e. The fourth-order valence-corrected chi connectivity index (χ4v) is 3.44. The van der Waals surface area contributed by atoms with Gasteiger partial charge in [-0.3, -0.25) is 4.79 Å². The normalized spacial score (nSPS) is 10.8. The van der Waals surface area contributed by atoms with Crippen LogP contribution in [0.1, 0.15) is 102 Å². The highest BCUT2D eigenvalue weighted by molar-refractivity contribution is 5.90. The van der Waals surface area contributed by atoms with Gasteiger partial charge in [0, 0.05) is 24.1 Å². The molecular weight excluding hydrogens is 350 g/mol. The molecule has 0 atom stereocenters. The van der Waals surface area contributed by atoms with E-state index in [0.717, 1.165) is 19.1 Å². The van der Waals surface area contributed by atoms with Crippen molar-refractivity contribution in [1.29, 1.82) is 0 Å². The van der Waals surface area contributed by atoms with Crippen LogP contribution in [0.3, 0.4) is 0 Å². The minimum atomic E-state index is -0.00850. The second-order valence-electron chi connectivity index (χ2n) is 7.76. The summed E-state index contributed by atoms with van der Waals surface area (Å²) in [6.45, 7) is 2.26. The zero-order valence-electron chi connectivity index (χ0n) is 17.7. The summed E-state index contributed by atoms with van der Waals surface area (Å²) in [4.78, 5) is 22.6. The lowest BCUT2D eigenvalue weighted by Gasteiger charge is -2.08. The first-order valence-corrected chi connectivity index (χ1v) is 11.2. The monoisotopic (exact) mass is 389 g/mol. The summed E-state index contributed by atoms with van der Waals surface area (Å²) >= 11 is 0. The van der Waals surface area contributed by atoms with E-state index >= 15 is 0 Å². The molecule has 158 valence electrons. The Hall–Kier alpha value is -1.84. The molecule has 0 aromatic heterocycles. The number of aldehydes is 1. The largest absolute Gasteiger partial charge is 0.508 e. The van der Waals surface area contributed by atoms with Gasteiger partial charge in [0.2, 0.25) is 5.91 Å². The van der Waals surface area contributed by atoms with Crippen LogP contribution in [-0.2, 0) is 16.0 Å². The number of anilines is 1. The molecule has 0 bridgehead atoms. The Morgan fingerprint density at radius 2 is 1.43 bits per heavy atom. The van der Waals surface area contributed by atoms with Crippen molar-refractivity contribution in [1.82, 2.24) is 0 Å². The minimum absolute atomic E-state index is 0.00850. The van der Waals surface area contributed by atoms with Gasteiger partial charge in [-0.05, 0) is 24.6 Å². The van der Waals surface area contributed by atoms with Gasteiger partial charge < -0.3 is 15.2 Å². The van der Waals surface area contributed by atoms with Crippen LogP contribution in [0.25, 0.3) is 0 Å². The van der Waals surface area contributed by atoms with Crippen LogP contribution < -0.4 is 5.32 Å². The van der Waals surface area contributed by atoms with Gasteiger partial charge in [-0.15, -0.1) is 0 Å². The van der Waals surface area contributed by atoms with E-state index in [1.54, 1.807) is 12.1 Å². The number of carbonyl (C=O) groups is 2. The van der Waals surface area contributed by atoms with Crippen molar-refractivity contribution in [2.24, 2.45) is 0 Å². The van der Waals surface area contributed by atoms with E-state index < -0.39 is 0 Å². The molecule has 0 aliphatic heterocycles. The molecule has 0 spiro atoms. The second-order valence-corrected chi connectivity index (χ2v) is 7.76. The van der Waals surface area contributed by atoms with Crippen molar-refractivity contribution in [3.63, 3.8) is 0 Å². The van der Waals surface area contributed by atoms with E-state index in [1.165, 1.54) is 76.7 Å². The molecule has 1 aromatic carbocycles. The summed E-state index contributed by atoms with van der Waals surface area (Å²) < 4.78 is 0. The molecule has 1 amide bonds. The summed E-state index contributed by atoms with van der Waals surface area (Å²) in [5, 5.41) is 12.5. The molecule has 0 saturated carbocycles. The van der Waals surface area contributed by atoms with Crippen molar-refractivity contribution in [2.75, 3.05) is 5.32 Å². The van der Waals surface area contributed by atoms with Crippen LogP contribution in [0, 0.1) is 0 Å². The average Bonchev–Trinajstić information content (AvgIpc) is 2.68. The molecule has 0 aliphatic carbocycles. The van der Waals surface area contributed by atoms with E-state index in [-0.39, 0.29) is 18.1 Å². The third-order valence-corrected chi connectivity index (χ3v) is 5.17. The zero-order valence-corrected chi connectivity index (χ0v) is 17.7. The fourth-order valence-electron chi connectivity index (χ4n) is 3.44. The molecule has 0 saturated heterocycles. The highest BCUT2D eigenvalue weighted by Gasteiger charge is 2.06. The Labute approximate surface area is 171 Å². The third kappa shape index (κ3) is 11.8. The van der Waals surface area contributed by atoms with E-state index in [0.29, 0.717) is 17.7 Å². The summed E-state index contributed by atoms with van der Waals surface area (Å²) in [7, 11) is 0. The number of unbranched alkanes of at least 4 members (excludes halogenated alkanes) is 12. The van der Waals surface area contributed by atoms with E-state index in [4.69, 9.17) is 0 Å². The summed E-state index contributed by atoms with van der Waals surface area (Å²) in [5.74, 6) is 0.0763. The molecule has 1 aromatic rings. The number of hydrogen-bond acceptors (Lipinski definition) is 3. The predicted octanol–water partition coefficient (Wildman–Crippen LogP) is 6.55. The molecule has 0 fully saturated rings. The second kappa shape index (κ2) is 16.1. The Balaban J connectivity index is 1.99. The summed E-state index contributed by atoms with van der Waals surface area (Å²) in [5.41, 5.74) is 1.17. The Morgan fingerprint density at radius 3 is 1.96 bits per heavy atom. The van der Waals surface area contributed by atoms with Gasteiger partial charge >= 0.3 is 0 Å². The minimum Gasteiger partial charge on any atom is -0.508 e. The van der Waals surface area contributed by atoms with E-state index in [2.05, 4.69) is 12.2 Å². The van der Waals surface area contributed by atoms with Crippen LogP contribution in [0.5, 0.6) is 5.75 Å². The maximum atomic E-state index is 12.0. The quantitative estimate of drug-likeness (QED) is 0.180. The molecule has 4 nitrogen and oxygen atoms in total. The molecule has 0 radical (unpaired) electrons. The van der Waals surface area contributed by atoms with Crippen molar-refractivity contribution < 1.29 is 14.7 Å². The number of phenols is 1. The number of amides is 1. The van der Waals surface area contributed by atoms with Crippen molar-refractivity contribution in [3.05, 3.63) is 23.8 Å². The lowest BCUT2D eigenvalue weighted by atomic mass is 10.0. The highest BCUT2D eigenvalue weighted by Crippen LogP contribution is 2.22. The van der Waals surface area contributed by atoms with Gasteiger partial charge in [-0.2, -0.15) is 0 Å². The van der Waals surface area contributed by atoms with Gasteiger partial charge in [-0.25, -0.2) is 0 Å². The number of benzene rings is 1. The van der Waals surface area contributed by atoms with Crippen LogP contribution >= 0.6 is 0 Å². The molecule has 0 aliphatic rings. The van der Waals surface area contributed by atoms with E-state index in [9.17, 15) is 14.7 Å². The molecular formula is C24H39NO3. The fraction of sp³-hybridized carbons (Fsp3) is 0.667. The Bertz CT molecular complexity index is 557. The van der Waals surface area contributed by atoms with E-state index in [1.807, 2.05) is 0 Å². The van der Waals surface area contributed by atoms with Crippen molar-refractivity contribution >= 4 is 17.9 Å². The van der Waals surface area contributed by atoms with Crippen LogP contribution in [0.2, 0.25) is 0 Å². The third-order valence-electron chi connectivity index (χ3n) is 5.17. The number of rotatable bonds is 17. The first kappa shape index (κ1) is 24.2. The molecule has 2 N–H and O–H groups in total. The van der Waals surface area contributed by atoms with Crippen LogP contribution in [0.4, 0.5) is 5.69 Å².